The number of Topliss-reactive ketones (excluding diaryl/α,β-unsaturated/α-hetero) is 1. The van der Waals surface area contributed by atoms with Crippen molar-refractivity contribution in [3.8, 4) is 0 Å². The molecule has 3 heteroatoms. The highest BCUT2D eigenvalue weighted by molar-refractivity contribution is 5.76. The smallest absolute Gasteiger partial charge is 0.309 e. The first kappa shape index (κ1) is 16.3. The summed E-state index contributed by atoms with van der Waals surface area (Å²) in [6.45, 7) is 8.05. The van der Waals surface area contributed by atoms with Gasteiger partial charge in [-0.1, -0.05) is 25.5 Å². The summed E-state index contributed by atoms with van der Waals surface area (Å²) in [7, 11) is 0. The summed E-state index contributed by atoms with van der Waals surface area (Å²) in [4.78, 5) is 23.2. The fraction of sp³-hybridized carbons (Fsp3) is 0.778. The lowest BCUT2D eigenvalue weighted by molar-refractivity contribution is -0.153. The minimum absolute atomic E-state index is 0.0221. The number of carboxylic acids is 1. The first-order valence-electron chi connectivity index (χ1n) is 8.15. The van der Waals surface area contributed by atoms with E-state index in [1.165, 1.54) is 5.57 Å². The topological polar surface area (TPSA) is 54.4 Å². The van der Waals surface area contributed by atoms with E-state index in [9.17, 15) is 14.7 Å². The molecule has 118 valence electrons. The summed E-state index contributed by atoms with van der Waals surface area (Å²) in [5, 5.41) is 9.71. The van der Waals surface area contributed by atoms with Crippen LogP contribution in [-0.4, -0.2) is 16.9 Å². The van der Waals surface area contributed by atoms with E-state index in [2.05, 4.69) is 19.9 Å². The van der Waals surface area contributed by atoms with Crippen LogP contribution in [0.5, 0.6) is 0 Å². The monoisotopic (exact) mass is 292 g/mol. The molecule has 0 bridgehead atoms. The highest BCUT2D eigenvalue weighted by Gasteiger charge is 2.52. The van der Waals surface area contributed by atoms with E-state index in [1.54, 1.807) is 6.92 Å². The van der Waals surface area contributed by atoms with Crippen LogP contribution in [0.3, 0.4) is 0 Å². The molecule has 0 saturated heterocycles. The fourth-order valence-corrected chi connectivity index (χ4v) is 4.39. The van der Waals surface area contributed by atoms with E-state index in [1.807, 2.05) is 6.92 Å². The van der Waals surface area contributed by atoms with Gasteiger partial charge in [-0.3, -0.25) is 4.79 Å². The zero-order chi connectivity index (χ0) is 15.8. The van der Waals surface area contributed by atoms with E-state index in [4.69, 9.17) is 0 Å². The fourth-order valence-electron chi connectivity index (χ4n) is 4.39. The second kappa shape index (κ2) is 5.58. The normalized spacial score (nSPS) is 39.3. The molecule has 1 fully saturated rings. The van der Waals surface area contributed by atoms with Crippen LogP contribution in [0, 0.1) is 22.7 Å². The molecule has 2 aliphatic carbocycles. The molecule has 0 amide bonds. The lowest BCUT2D eigenvalue weighted by Gasteiger charge is -2.52. The maximum atomic E-state index is 11.8. The third-order valence-electron chi connectivity index (χ3n) is 6.29. The van der Waals surface area contributed by atoms with Gasteiger partial charge in [0.25, 0.3) is 0 Å². The molecule has 21 heavy (non-hydrogen) atoms. The Morgan fingerprint density at radius 3 is 2.57 bits per heavy atom. The molecule has 4 unspecified atom stereocenters. The summed E-state index contributed by atoms with van der Waals surface area (Å²) < 4.78 is 0. The lowest BCUT2D eigenvalue weighted by Crippen LogP contribution is -2.47. The van der Waals surface area contributed by atoms with Crippen LogP contribution < -0.4 is 0 Å². The zero-order valence-electron chi connectivity index (χ0n) is 13.7. The minimum atomic E-state index is -0.665. The van der Waals surface area contributed by atoms with Crippen LogP contribution in [-0.2, 0) is 9.59 Å². The van der Waals surface area contributed by atoms with Gasteiger partial charge in [0.05, 0.1) is 5.41 Å². The van der Waals surface area contributed by atoms with Crippen LogP contribution >= 0.6 is 0 Å². The van der Waals surface area contributed by atoms with Crippen molar-refractivity contribution < 1.29 is 14.7 Å². The van der Waals surface area contributed by atoms with Crippen molar-refractivity contribution in [2.75, 3.05) is 0 Å². The summed E-state index contributed by atoms with van der Waals surface area (Å²) in [5.41, 5.74) is 0.659. The number of fused-ring (bicyclic) bond motifs is 1. The maximum absolute atomic E-state index is 11.8. The Balaban J connectivity index is 2.36. The minimum Gasteiger partial charge on any atom is -0.481 e. The third kappa shape index (κ3) is 2.67. The first-order valence-corrected chi connectivity index (χ1v) is 8.15. The number of aliphatic carboxylic acids is 1. The number of carbonyl (C=O) groups is 2. The van der Waals surface area contributed by atoms with Gasteiger partial charge in [0, 0.05) is 6.42 Å². The molecule has 0 aromatic carbocycles. The quantitative estimate of drug-likeness (QED) is 0.789. The molecule has 4 atom stereocenters. The highest BCUT2D eigenvalue weighted by Crippen LogP contribution is 2.58. The van der Waals surface area contributed by atoms with E-state index < -0.39 is 11.4 Å². The largest absolute Gasteiger partial charge is 0.481 e. The van der Waals surface area contributed by atoms with Gasteiger partial charge in [0.15, 0.2) is 0 Å². The predicted octanol–water partition coefficient (Wildman–Crippen LogP) is 4.22. The molecule has 1 N–H and O–H groups in total. The average Bonchev–Trinajstić information content (AvgIpc) is 2.41. The first-order chi connectivity index (χ1) is 9.71. The molecule has 0 aromatic rings. The van der Waals surface area contributed by atoms with Crippen molar-refractivity contribution in [2.45, 2.75) is 66.2 Å². The number of hydrogen-bond donors (Lipinski definition) is 1. The van der Waals surface area contributed by atoms with Crippen molar-refractivity contribution >= 4 is 11.8 Å². The second-order valence-corrected chi connectivity index (χ2v) is 7.57. The lowest BCUT2D eigenvalue weighted by atomic mass is 9.51. The average molecular weight is 292 g/mol. The van der Waals surface area contributed by atoms with Gasteiger partial charge in [-0.25, -0.2) is 0 Å². The number of ketones is 1. The Kier molecular flexibility index (Phi) is 4.32. The van der Waals surface area contributed by atoms with Crippen molar-refractivity contribution in [1.29, 1.82) is 0 Å². The van der Waals surface area contributed by atoms with E-state index in [-0.39, 0.29) is 17.1 Å². The Hall–Kier alpha value is -1.12. The zero-order valence-corrected chi connectivity index (χ0v) is 13.7. The van der Waals surface area contributed by atoms with E-state index in [0.29, 0.717) is 12.3 Å². The molecule has 0 aromatic heterocycles. The van der Waals surface area contributed by atoms with Crippen molar-refractivity contribution in [3.05, 3.63) is 11.6 Å². The van der Waals surface area contributed by atoms with Crippen molar-refractivity contribution in [3.63, 3.8) is 0 Å². The number of carboxylic acid groups (broad SMARTS) is 1. The maximum Gasteiger partial charge on any atom is 0.309 e. The van der Waals surface area contributed by atoms with Gasteiger partial charge in [-0.15, -0.1) is 0 Å². The SMILES string of the molecule is CC(=O)CCC1(C)C2=CCCC(C)(C(=O)O)C2CCC1C. The molecule has 1 saturated carbocycles. The molecule has 3 nitrogen and oxygen atoms in total. The van der Waals surface area contributed by atoms with Gasteiger partial charge in [-0.2, -0.15) is 0 Å². The van der Waals surface area contributed by atoms with Gasteiger partial charge < -0.3 is 9.90 Å². The van der Waals surface area contributed by atoms with Gasteiger partial charge in [-0.05, 0) is 63.2 Å². The van der Waals surface area contributed by atoms with Crippen LogP contribution in [0.4, 0.5) is 0 Å². The summed E-state index contributed by atoms with van der Waals surface area (Å²) in [6, 6.07) is 0. The highest BCUT2D eigenvalue weighted by atomic mass is 16.4. The Morgan fingerprint density at radius 1 is 1.33 bits per heavy atom. The number of carbonyl (C=O) groups excluding carboxylic acids is 1. The van der Waals surface area contributed by atoms with Gasteiger partial charge in [0.2, 0.25) is 0 Å². The predicted molar refractivity (Wildman–Crippen MR) is 83.0 cm³/mol. The molecule has 0 spiro atoms. The van der Waals surface area contributed by atoms with E-state index >= 15 is 0 Å². The summed E-state index contributed by atoms with van der Waals surface area (Å²) in [6.07, 6.45) is 7.32. The van der Waals surface area contributed by atoms with E-state index in [0.717, 1.165) is 32.1 Å². The molecular weight excluding hydrogens is 264 g/mol. The van der Waals surface area contributed by atoms with Crippen molar-refractivity contribution in [1.82, 2.24) is 0 Å². The van der Waals surface area contributed by atoms with Crippen LogP contribution in [0.25, 0.3) is 0 Å². The Labute approximate surface area is 127 Å². The molecule has 0 radical (unpaired) electrons. The Morgan fingerprint density at radius 2 is 2.00 bits per heavy atom. The number of rotatable bonds is 4. The van der Waals surface area contributed by atoms with Crippen LogP contribution in [0.15, 0.2) is 11.6 Å². The van der Waals surface area contributed by atoms with Crippen LogP contribution in [0.2, 0.25) is 0 Å². The van der Waals surface area contributed by atoms with Crippen molar-refractivity contribution in [2.24, 2.45) is 22.7 Å². The van der Waals surface area contributed by atoms with Crippen LogP contribution in [0.1, 0.15) is 66.2 Å². The molecule has 0 aliphatic heterocycles. The third-order valence-corrected chi connectivity index (χ3v) is 6.29. The molecule has 0 heterocycles. The van der Waals surface area contributed by atoms with Gasteiger partial charge >= 0.3 is 5.97 Å². The number of hydrogen-bond acceptors (Lipinski definition) is 2. The Bertz CT molecular complexity index is 479. The second-order valence-electron chi connectivity index (χ2n) is 7.57. The number of allylic oxidation sites excluding steroid dienone is 2. The summed E-state index contributed by atoms with van der Waals surface area (Å²) >= 11 is 0. The standard InChI is InChI=1S/C18H28O3/c1-12-7-8-15-14(17(12,3)11-9-13(2)19)6-5-10-18(15,4)16(20)21/h6,12,15H,5,7-11H2,1-4H3,(H,20,21). The van der Waals surface area contributed by atoms with Gasteiger partial charge in [0.1, 0.15) is 5.78 Å². The molecule has 2 aliphatic rings. The molecular formula is C18H28O3. The summed E-state index contributed by atoms with van der Waals surface area (Å²) in [5.74, 6) is 0.205. The molecule has 2 rings (SSSR count).